The molecule has 0 unspecified atom stereocenters. The first-order valence-corrected chi connectivity index (χ1v) is 23.8. The van der Waals surface area contributed by atoms with E-state index < -0.39 is 11.6 Å². The number of carbonyl (C=O) groups excluding carboxylic acids is 3. The first kappa shape index (κ1) is 44.9. The lowest BCUT2D eigenvalue weighted by Crippen LogP contribution is -2.52. The Bertz CT molecular complexity index is 2790. The van der Waals surface area contributed by atoms with E-state index in [1.807, 2.05) is 117 Å². The van der Waals surface area contributed by atoms with E-state index in [0.29, 0.717) is 84.5 Å². The maximum atomic E-state index is 15.5. The zero-order chi connectivity index (χ0) is 46.8. The van der Waals surface area contributed by atoms with Crippen molar-refractivity contribution in [1.29, 1.82) is 0 Å². The van der Waals surface area contributed by atoms with Gasteiger partial charge in [0.25, 0.3) is 11.8 Å². The lowest BCUT2D eigenvalue weighted by Gasteiger charge is -2.40. The van der Waals surface area contributed by atoms with E-state index in [0.717, 1.165) is 67.0 Å². The molecule has 1 saturated heterocycles. The molecule has 5 heterocycles. The SMILES string of the molecule is CC(C)(C)OC(=O)c1ccc(CN(C(=O)c2cc(-c3cc4c(cc3C(=O)N3Cc5ccccc5C[C@@H]3CN3CCOCC3)OCO4)n3c2CCCC3)c2ccc(OCc3ccccc3)cc2)cc1. The Morgan fingerprint density at radius 3 is 2.22 bits per heavy atom. The fourth-order valence-electron chi connectivity index (χ4n) is 9.79. The Morgan fingerprint density at radius 1 is 0.750 bits per heavy atom. The van der Waals surface area contributed by atoms with Crippen LogP contribution in [0.5, 0.6) is 17.2 Å². The molecule has 6 aromatic rings. The Kier molecular flexibility index (Phi) is 12.8. The van der Waals surface area contributed by atoms with Gasteiger partial charge in [-0.15, -0.1) is 0 Å². The highest BCUT2D eigenvalue weighted by molar-refractivity contribution is 6.09. The minimum atomic E-state index is -0.634. The van der Waals surface area contributed by atoms with Crippen LogP contribution < -0.4 is 19.1 Å². The Labute approximate surface area is 397 Å². The van der Waals surface area contributed by atoms with Gasteiger partial charge >= 0.3 is 5.97 Å². The smallest absolute Gasteiger partial charge is 0.338 e. The minimum absolute atomic E-state index is 0.0585. The number of ether oxygens (including phenoxy) is 5. The fourth-order valence-corrected chi connectivity index (χ4v) is 9.79. The summed E-state index contributed by atoms with van der Waals surface area (Å²) in [6, 6.07) is 38.9. The number of hydrogen-bond donors (Lipinski definition) is 0. The Morgan fingerprint density at radius 2 is 1.47 bits per heavy atom. The van der Waals surface area contributed by atoms with Gasteiger partial charge in [0, 0.05) is 61.4 Å². The number of hydrogen-bond acceptors (Lipinski definition) is 9. The summed E-state index contributed by atoms with van der Waals surface area (Å²) in [5.41, 5.74) is 8.29. The topological polar surface area (TPSA) is 112 Å². The van der Waals surface area contributed by atoms with Gasteiger partial charge in [0.05, 0.1) is 36.4 Å². The van der Waals surface area contributed by atoms with E-state index >= 15 is 9.59 Å². The van der Waals surface area contributed by atoms with Gasteiger partial charge in [-0.1, -0.05) is 66.7 Å². The van der Waals surface area contributed by atoms with Crippen molar-refractivity contribution in [2.45, 2.75) is 84.3 Å². The summed E-state index contributed by atoms with van der Waals surface area (Å²) in [6.45, 7) is 11.1. The van der Waals surface area contributed by atoms with E-state index in [1.165, 1.54) is 5.56 Å². The van der Waals surface area contributed by atoms with Gasteiger partial charge < -0.3 is 38.1 Å². The van der Waals surface area contributed by atoms with Crippen molar-refractivity contribution in [3.8, 4) is 28.5 Å². The largest absolute Gasteiger partial charge is 0.489 e. The molecule has 350 valence electrons. The van der Waals surface area contributed by atoms with Crippen LogP contribution in [0, 0.1) is 0 Å². The average Bonchev–Trinajstić information content (AvgIpc) is 3.99. The van der Waals surface area contributed by atoms with Crippen molar-refractivity contribution in [1.82, 2.24) is 14.4 Å². The third kappa shape index (κ3) is 9.75. The molecule has 2 amide bonds. The van der Waals surface area contributed by atoms with Gasteiger partial charge in [0.2, 0.25) is 6.79 Å². The molecule has 10 rings (SSSR count). The van der Waals surface area contributed by atoms with Gasteiger partial charge in [-0.05, 0) is 123 Å². The first-order valence-electron chi connectivity index (χ1n) is 23.8. The molecule has 1 atom stereocenters. The van der Waals surface area contributed by atoms with E-state index in [-0.39, 0.29) is 31.2 Å². The lowest BCUT2D eigenvalue weighted by atomic mass is 9.92. The monoisotopic (exact) mass is 914 g/mol. The van der Waals surface area contributed by atoms with Crippen molar-refractivity contribution in [2.24, 2.45) is 0 Å². The highest BCUT2D eigenvalue weighted by Gasteiger charge is 2.36. The van der Waals surface area contributed by atoms with Gasteiger partial charge in [-0.25, -0.2) is 4.79 Å². The van der Waals surface area contributed by atoms with Crippen LogP contribution >= 0.6 is 0 Å². The van der Waals surface area contributed by atoms with Crippen LogP contribution in [-0.4, -0.2) is 83.4 Å². The number of anilines is 1. The van der Waals surface area contributed by atoms with Gasteiger partial charge in [-0.3, -0.25) is 14.5 Å². The van der Waals surface area contributed by atoms with Crippen molar-refractivity contribution >= 4 is 23.5 Å². The highest BCUT2D eigenvalue weighted by Crippen LogP contribution is 2.43. The molecule has 0 bridgehead atoms. The average molecular weight is 915 g/mol. The molecule has 0 aliphatic carbocycles. The zero-order valence-electron chi connectivity index (χ0n) is 39.1. The second kappa shape index (κ2) is 19.4. The molecule has 12 nitrogen and oxygen atoms in total. The van der Waals surface area contributed by atoms with Crippen molar-refractivity contribution in [2.75, 3.05) is 44.5 Å². The van der Waals surface area contributed by atoms with Crippen LogP contribution in [0.15, 0.2) is 121 Å². The summed E-state index contributed by atoms with van der Waals surface area (Å²) in [5.74, 6) is 1.10. The summed E-state index contributed by atoms with van der Waals surface area (Å²) >= 11 is 0. The molecule has 0 spiro atoms. The maximum absolute atomic E-state index is 15.5. The van der Waals surface area contributed by atoms with Crippen molar-refractivity contribution in [3.63, 3.8) is 0 Å². The van der Waals surface area contributed by atoms with Crippen LogP contribution in [0.3, 0.4) is 0 Å². The predicted molar refractivity (Wildman–Crippen MR) is 259 cm³/mol. The fraction of sp³-hybridized carbons (Fsp3) is 0.339. The normalized spacial score (nSPS) is 16.7. The van der Waals surface area contributed by atoms with Crippen LogP contribution in [0.1, 0.15) is 92.6 Å². The predicted octanol–water partition coefficient (Wildman–Crippen LogP) is 9.50. The summed E-state index contributed by atoms with van der Waals surface area (Å²) < 4.78 is 31.6. The number of amides is 2. The van der Waals surface area contributed by atoms with Crippen molar-refractivity contribution < 1.29 is 38.1 Å². The van der Waals surface area contributed by atoms with E-state index in [2.05, 4.69) is 27.7 Å². The quantitative estimate of drug-likeness (QED) is 0.111. The lowest BCUT2D eigenvalue weighted by molar-refractivity contribution is 0.00689. The summed E-state index contributed by atoms with van der Waals surface area (Å²) in [4.78, 5) is 50.1. The van der Waals surface area contributed by atoms with E-state index in [9.17, 15) is 4.79 Å². The standard InChI is InChI=1S/C56H58N4O8/c1-56(2,3)68-55(63)40-18-16-38(17-19-40)33-59(43-20-22-45(23-21-43)65-36-39-11-5-4-6-12-39)54(62)48-30-50(58-24-10-9-15-49(48)58)46-31-51-52(67-37-66-51)32-47(46)53(61)60-34-42-14-8-7-13-41(42)29-44(60)35-57-25-27-64-28-26-57/h4-8,11-14,16-23,30-32,44H,9-10,15,24-29,33-37H2,1-3H3/t44-/m1/s1. The molecule has 4 aliphatic heterocycles. The molecular formula is C56H58N4O8. The Hall–Kier alpha value is -6.89. The molecule has 68 heavy (non-hydrogen) atoms. The second-order valence-electron chi connectivity index (χ2n) is 19.1. The van der Waals surface area contributed by atoms with Crippen LogP contribution in [0.25, 0.3) is 11.3 Å². The molecule has 1 fully saturated rings. The number of benzene rings is 5. The maximum Gasteiger partial charge on any atom is 0.338 e. The summed E-state index contributed by atoms with van der Waals surface area (Å²) in [6.07, 6.45) is 3.30. The van der Waals surface area contributed by atoms with Crippen molar-refractivity contribution in [3.05, 3.63) is 166 Å². The number of aromatic nitrogens is 1. The molecule has 5 aromatic carbocycles. The number of carbonyl (C=O) groups is 3. The van der Waals surface area contributed by atoms with E-state index in [4.69, 9.17) is 23.7 Å². The number of fused-ring (bicyclic) bond motifs is 3. The Balaban J connectivity index is 1.02. The third-order valence-corrected chi connectivity index (χ3v) is 13.3. The molecule has 0 radical (unpaired) electrons. The first-order chi connectivity index (χ1) is 33.0. The van der Waals surface area contributed by atoms with Crippen LogP contribution in [0.2, 0.25) is 0 Å². The molecule has 0 N–H and O–H groups in total. The number of nitrogens with zero attached hydrogens (tertiary/aromatic N) is 4. The molecule has 4 aliphatic rings. The molecule has 12 heteroatoms. The van der Waals surface area contributed by atoms with E-state index in [1.54, 1.807) is 17.0 Å². The number of rotatable bonds is 12. The zero-order valence-corrected chi connectivity index (χ0v) is 39.1. The third-order valence-electron chi connectivity index (χ3n) is 13.3. The number of esters is 1. The van der Waals surface area contributed by atoms with Gasteiger partial charge in [-0.2, -0.15) is 0 Å². The second-order valence-corrected chi connectivity index (χ2v) is 19.1. The minimum Gasteiger partial charge on any atom is -0.489 e. The molecule has 0 saturated carbocycles. The summed E-state index contributed by atoms with van der Waals surface area (Å²) in [5, 5.41) is 0. The molecule has 1 aromatic heterocycles. The highest BCUT2D eigenvalue weighted by atomic mass is 16.7. The van der Waals surface area contributed by atoms with Gasteiger partial charge in [0.15, 0.2) is 11.5 Å². The van der Waals surface area contributed by atoms with Gasteiger partial charge in [0.1, 0.15) is 18.0 Å². The number of morpholine rings is 1. The summed E-state index contributed by atoms with van der Waals surface area (Å²) in [7, 11) is 0. The molecular weight excluding hydrogens is 857 g/mol. The van der Waals surface area contributed by atoms with Crippen LogP contribution in [-0.2, 0) is 48.6 Å². The van der Waals surface area contributed by atoms with Crippen LogP contribution in [0.4, 0.5) is 5.69 Å².